The van der Waals surface area contributed by atoms with Crippen LogP contribution >= 0.6 is 0 Å². The first kappa shape index (κ1) is 22.7. The summed E-state index contributed by atoms with van der Waals surface area (Å²) in [6.45, 7) is 2.22. The molecule has 1 aliphatic rings. The Labute approximate surface area is 192 Å². The van der Waals surface area contributed by atoms with Crippen molar-refractivity contribution >= 4 is 5.97 Å². The number of fused-ring (bicyclic) bond motifs is 3. The van der Waals surface area contributed by atoms with E-state index in [0.717, 1.165) is 36.1 Å². The Morgan fingerprint density at radius 3 is 2.30 bits per heavy atom. The summed E-state index contributed by atoms with van der Waals surface area (Å²) in [5, 5.41) is 8.77. The molecular formula is C28H25F2NO2. The van der Waals surface area contributed by atoms with Crippen LogP contribution < -0.4 is 4.74 Å². The fourth-order valence-corrected chi connectivity index (χ4v) is 4.36. The summed E-state index contributed by atoms with van der Waals surface area (Å²) in [7, 11) is 0. The summed E-state index contributed by atoms with van der Waals surface area (Å²) in [5.41, 5.74) is 5.48. The molecule has 0 bridgehead atoms. The number of unbranched alkanes of at least 4 members (excludes halogenated alkanes) is 4. The highest BCUT2D eigenvalue weighted by Gasteiger charge is 2.21. The van der Waals surface area contributed by atoms with Gasteiger partial charge in [0.1, 0.15) is 29.0 Å². The largest absolute Gasteiger partial charge is 0.423 e. The second-order valence-electron chi connectivity index (χ2n) is 8.47. The van der Waals surface area contributed by atoms with Gasteiger partial charge in [-0.2, -0.15) is 5.26 Å². The first-order valence-corrected chi connectivity index (χ1v) is 11.4. The Morgan fingerprint density at radius 1 is 0.939 bits per heavy atom. The Bertz CT molecular complexity index is 1220. The summed E-state index contributed by atoms with van der Waals surface area (Å²) in [4.78, 5) is 12.6. The van der Waals surface area contributed by atoms with E-state index in [4.69, 9.17) is 10.00 Å². The van der Waals surface area contributed by atoms with E-state index in [-0.39, 0.29) is 5.75 Å². The van der Waals surface area contributed by atoms with Crippen molar-refractivity contribution in [3.8, 4) is 22.9 Å². The van der Waals surface area contributed by atoms with Gasteiger partial charge in [0.2, 0.25) is 0 Å². The molecular weight excluding hydrogens is 420 g/mol. The zero-order valence-corrected chi connectivity index (χ0v) is 18.6. The second kappa shape index (κ2) is 9.95. The molecule has 1 aliphatic carbocycles. The number of carbonyl (C=O) groups excluding carboxylic acids is 1. The summed E-state index contributed by atoms with van der Waals surface area (Å²) in [5.74, 6) is -3.11. The van der Waals surface area contributed by atoms with Crippen LogP contribution in [0.25, 0.3) is 11.1 Å². The standard InChI is InChI=1S/C28H25F2NO2/c1-2-3-4-5-6-7-18-8-10-23-20(12-18)14-21-13-19(9-11-24(21)23)28(32)33-22-15-26(29)25(17-31)27(30)16-22/h8-13,15-16H,2-7,14H2,1H3. The van der Waals surface area contributed by atoms with E-state index < -0.39 is 23.2 Å². The summed E-state index contributed by atoms with van der Waals surface area (Å²) < 4.78 is 32.8. The average molecular weight is 446 g/mol. The van der Waals surface area contributed by atoms with Crippen LogP contribution in [0, 0.1) is 23.0 Å². The number of rotatable bonds is 8. The molecule has 0 saturated heterocycles. The molecule has 0 unspecified atom stereocenters. The van der Waals surface area contributed by atoms with Crippen molar-refractivity contribution in [1.29, 1.82) is 5.26 Å². The van der Waals surface area contributed by atoms with Crippen molar-refractivity contribution < 1.29 is 18.3 Å². The Hall–Kier alpha value is -3.52. The summed E-state index contributed by atoms with van der Waals surface area (Å²) in [6, 6.07) is 15.1. The van der Waals surface area contributed by atoms with Crippen LogP contribution in [0.2, 0.25) is 0 Å². The van der Waals surface area contributed by atoms with E-state index in [1.54, 1.807) is 12.1 Å². The molecule has 0 heterocycles. The zero-order valence-electron chi connectivity index (χ0n) is 18.6. The van der Waals surface area contributed by atoms with Gasteiger partial charge in [-0.1, -0.05) is 56.9 Å². The molecule has 33 heavy (non-hydrogen) atoms. The minimum Gasteiger partial charge on any atom is -0.423 e. The highest BCUT2D eigenvalue weighted by atomic mass is 19.1. The minimum atomic E-state index is -1.06. The molecule has 0 fully saturated rings. The molecule has 0 radical (unpaired) electrons. The molecule has 5 heteroatoms. The van der Waals surface area contributed by atoms with E-state index >= 15 is 0 Å². The fraction of sp³-hybridized carbons (Fsp3) is 0.286. The highest BCUT2D eigenvalue weighted by Crippen LogP contribution is 2.38. The third-order valence-corrected chi connectivity index (χ3v) is 6.09. The van der Waals surface area contributed by atoms with Crippen LogP contribution in [-0.2, 0) is 12.8 Å². The van der Waals surface area contributed by atoms with Crippen molar-refractivity contribution in [3.63, 3.8) is 0 Å². The number of nitrogens with zero attached hydrogens (tertiary/aromatic N) is 1. The number of benzene rings is 3. The molecule has 0 aliphatic heterocycles. The van der Waals surface area contributed by atoms with Crippen molar-refractivity contribution in [1.82, 2.24) is 0 Å². The third-order valence-electron chi connectivity index (χ3n) is 6.09. The number of aryl methyl sites for hydroxylation is 1. The monoisotopic (exact) mass is 445 g/mol. The lowest BCUT2D eigenvalue weighted by Gasteiger charge is -2.08. The molecule has 0 atom stereocenters. The number of hydrogen-bond donors (Lipinski definition) is 0. The van der Waals surface area contributed by atoms with Gasteiger partial charge in [0.15, 0.2) is 0 Å². The van der Waals surface area contributed by atoms with Gasteiger partial charge in [-0.25, -0.2) is 13.6 Å². The molecule has 4 rings (SSSR count). The molecule has 0 saturated carbocycles. The molecule has 0 spiro atoms. The van der Waals surface area contributed by atoms with Gasteiger partial charge in [-0.15, -0.1) is 0 Å². The topological polar surface area (TPSA) is 50.1 Å². The summed E-state index contributed by atoms with van der Waals surface area (Å²) >= 11 is 0. The number of halogens is 2. The summed E-state index contributed by atoms with van der Waals surface area (Å²) in [6.07, 6.45) is 8.07. The van der Waals surface area contributed by atoms with Crippen LogP contribution in [0.1, 0.15) is 71.6 Å². The van der Waals surface area contributed by atoms with Crippen molar-refractivity contribution in [3.05, 3.63) is 88.0 Å². The first-order chi connectivity index (χ1) is 16.0. The molecule has 3 nitrogen and oxygen atoms in total. The Kier molecular flexibility index (Phi) is 6.84. The number of esters is 1. The SMILES string of the molecule is CCCCCCCc1ccc2c(c1)Cc1cc(C(=O)Oc3cc(F)c(C#N)c(F)c3)ccc1-2. The lowest BCUT2D eigenvalue weighted by atomic mass is 9.99. The maximum Gasteiger partial charge on any atom is 0.343 e. The Balaban J connectivity index is 1.45. The van der Waals surface area contributed by atoms with Gasteiger partial charge < -0.3 is 4.74 Å². The smallest absolute Gasteiger partial charge is 0.343 e. The minimum absolute atomic E-state index is 0.277. The molecule has 168 valence electrons. The van der Waals surface area contributed by atoms with E-state index in [0.29, 0.717) is 5.56 Å². The lowest BCUT2D eigenvalue weighted by Crippen LogP contribution is -2.09. The van der Waals surface area contributed by atoms with Crippen LogP contribution in [0.15, 0.2) is 48.5 Å². The fourth-order valence-electron chi connectivity index (χ4n) is 4.36. The van der Waals surface area contributed by atoms with Crippen LogP contribution in [0.3, 0.4) is 0 Å². The molecule has 0 aromatic heterocycles. The highest BCUT2D eigenvalue weighted by molar-refractivity contribution is 5.93. The van der Waals surface area contributed by atoms with Gasteiger partial charge in [-0.3, -0.25) is 0 Å². The van der Waals surface area contributed by atoms with Crippen LogP contribution in [0.4, 0.5) is 8.78 Å². The number of hydrogen-bond acceptors (Lipinski definition) is 3. The van der Waals surface area contributed by atoms with Crippen molar-refractivity contribution in [2.45, 2.75) is 51.9 Å². The molecule has 0 amide bonds. The average Bonchev–Trinajstić information content (AvgIpc) is 3.15. The van der Waals surface area contributed by atoms with Gasteiger partial charge in [0, 0.05) is 12.1 Å². The molecule has 0 N–H and O–H groups in total. The lowest BCUT2D eigenvalue weighted by molar-refractivity contribution is 0.0734. The zero-order chi connectivity index (χ0) is 23.4. The predicted octanol–water partition coefficient (Wildman–Crippen LogP) is 7.14. The number of nitriles is 1. The third kappa shape index (κ3) is 4.96. The molecule has 3 aromatic carbocycles. The first-order valence-electron chi connectivity index (χ1n) is 11.4. The van der Waals surface area contributed by atoms with Crippen LogP contribution in [0.5, 0.6) is 5.75 Å². The number of carbonyl (C=O) groups is 1. The van der Waals surface area contributed by atoms with Gasteiger partial charge in [0.25, 0.3) is 0 Å². The Morgan fingerprint density at radius 2 is 1.61 bits per heavy atom. The quantitative estimate of drug-likeness (QED) is 0.165. The van der Waals surface area contributed by atoms with E-state index in [1.807, 2.05) is 6.07 Å². The molecule has 3 aromatic rings. The maximum atomic E-state index is 13.8. The maximum absolute atomic E-state index is 13.8. The van der Waals surface area contributed by atoms with E-state index in [9.17, 15) is 13.6 Å². The predicted molar refractivity (Wildman–Crippen MR) is 123 cm³/mol. The van der Waals surface area contributed by atoms with Crippen LogP contribution in [-0.4, -0.2) is 5.97 Å². The van der Waals surface area contributed by atoms with Crippen molar-refractivity contribution in [2.24, 2.45) is 0 Å². The van der Waals surface area contributed by atoms with Gasteiger partial charge in [-0.05, 0) is 59.2 Å². The van der Waals surface area contributed by atoms with Gasteiger partial charge in [0.05, 0.1) is 5.56 Å². The number of ether oxygens (including phenoxy) is 1. The van der Waals surface area contributed by atoms with Crippen molar-refractivity contribution in [2.75, 3.05) is 0 Å². The van der Waals surface area contributed by atoms with E-state index in [1.165, 1.54) is 54.9 Å². The normalized spacial score (nSPS) is 11.6. The second-order valence-corrected chi connectivity index (χ2v) is 8.47. The van der Waals surface area contributed by atoms with Gasteiger partial charge >= 0.3 is 5.97 Å². The van der Waals surface area contributed by atoms with E-state index in [2.05, 4.69) is 25.1 Å².